The second-order valence-corrected chi connectivity index (χ2v) is 7.93. The predicted octanol–water partition coefficient (Wildman–Crippen LogP) is 6.63. The Kier molecular flexibility index (Phi) is 5.68. The second kappa shape index (κ2) is 8.25. The minimum Gasteiger partial charge on any atom is -0.406 e. The fraction of sp³-hybridized carbons (Fsp3) is 0.105. The van der Waals surface area contributed by atoms with Gasteiger partial charge in [-0.1, -0.05) is 40.6 Å². The highest BCUT2D eigenvalue weighted by Crippen LogP contribution is 2.32. The molecular formula is C19H11Cl2F3N4OS. The van der Waals surface area contributed by atoms with Gasteiger partial charge >= 0.3 is 6.36 Å². The fourth-order valence-electron chi connectivity index (χ4n) is 2.69. The maximum Gasteiger partial charge on any atom is 0.573 e. The minimum atomic E-state index is -4.74. The summed E-state index contributed by atoms with van der Waals surface area (Å²) in [7, 11) is 0. The number of aromatic nitrogens is 3. The Morgan fingerprint density at radius 2 is 1.70 bits per heavy atom. The lowest BCUT2D eigenvalue weighted by Crippen LogP contribution is -2.16. The first kappa shape index (κ1) is 20.6. The number of rotatable bonds is 5. The van der Waals surface area contributed by atoms with Crippen LogP contribution < -0.4 is 10.1 Å². The summed E-state index contributed by atoms with van der Waals surface area (Å²) in [5, 5.41) is 4.89. The van der Waals surface area contributed by atoms with E-state index in [2.05, 4.69) is 25.0 Å². The van der Waals surface area contributed by atoms with Gasteiger partial charge in [0.15, 0.2) is 5.82 Å². The summed E-state index contributed by atoms with van der Waals surface area (Å²) in [6.45, 7) is 0. The molecule has 0 radical (unpaired) electrons. The standard InChI is InChI=1S/C19H11Cl2F3N4OS/c20-13-2-1-3-14(21)12(13)8-15-28-16-17(25-9-26-18(16)30-15)27-10-4-6-11(7-5-10)29-19(22,23)24/h1-7,9H,8H2,(H,25,26,27). The highest BCUT2D eigenvalue weighted by Gasteiger charge is 2.31. The van der Waals surface area contributed by atoms with Crippen LogP contribution in [0.2, 0.25) is 10.0 Å². The van der Waals surface area contributed by atoms with E-state index in [4.69, 9.17) is 23.2 Å². The zero-order valence-electron chi connectivity index (χ0n) is 14.9. The third-order valence-corrected chi connectivity index (χ3v) is 5.65. The zero-order valence-corrected chi connectivity index (χ0v) is 17.2. The molecule has 1 N–H and O–H groups in total. The molecule has 2 aromatic carbocycles. The largest absolute Gasteiger partial charge is 0.573 e. The molecule has 2 heterocycles. The zero-order chi connectivity index (χ0) is 21.3. The van der Waals surface area contributed by atoms with Crippen LogP contribution in [-0.2, 0) is 6.42 Å². The Balaban J connectivity index is 1.58. The molecular weight excluding hydrogens is 460 g/mol. The molecule has 0 fully saturated rings. The van der Waals surface area contributed by atoms with Crippen molar-refractivity contribution in [2.24, 2.45) is 0 Å². The van der Waals surface area contributed by atoms with Crippen molar-refractivity contribution in [3.05, 3.63) is 69.4 Å². The van der Waals surface area contributed by atoms with Crippen molar-refractivity contribution < 1.29 is 17.9 Å². The van der Waals surface area contributed by atoms with Gasteiger partial charge in [0.05, 0.1) is 0 Å². The average Bonchev–Trinajstić information content (AvgIpc) is 3.09. The lowest BCUT2D eigenvalue weighted by Gasteiger charge is -2.10. The first-order valence-electron chi connectivity index (χ1n) is 8.44. The second-order valence-electron chi connectivity index (χ2n) is 6.06. The first-order chi connectivity index (χ1) is 14.3. The maximum absolute atomic E-state index is 12.3. The number of alkyl halides is 3. The Morgan fingerprint density at radius 3 is 2.37 bits per heavy atom. The van der Waals surface area contributed by atoms with Gasteiger partial charge in [-0.3, -0.25) is 0 Å². The summed E-state index contributed by atoms with van der Waals surface area (Å²) in [4.78, 5) is 13.7. The molecule has 154 valence electrons. The third-order valence-electron chi connectivity index (χ3n) is 3.98. The molecule has 2 aromatic heterocycles. The quantitative estimate of drug-likeness (QED) is 0.354. The molecule has 0 atom stereocenters. The van der Waals surface area contributed by atoms with Gasteiger partial charge < -0.3 is 10.1 Å². The number of halogens is 5. The Morgan fingerprint density at radius 1 is 1.00 bits per heavy atom. The normalized spacial score (nSPS) is 11.6. The molecule has 0 aliphatic carbocycles. The molecule has 0 spiro atoms. The lowest BCUT2D eigenvalue weighted by molar-refractivity contribution is -0.274. The van der Waals surface area contributed by atoms with Gasteiger partial charge in [0.1, 0.15) is 27.4 Å². The van der Waals surface area contributed by atoms with Crippen LogP contribution in [0, 0.1) is 0 Å². The summed E-state index contributed by atoms with van der Waals surface area (Å²) in [6, 6.07) is 10.6. The van der Waals surface area contributed by atoms with Crippen molar-refractivity contribution in [3.8, 4) is 5.75 Å². The van der Waals surface area contributed by atoms with Crippen LogP contribution in [0.15, 0.2) is 48.8 Å². The molecule has 0 aliphatic heterocycles. The molecule has 4 rings (SSSR count). The number of ether oxygens (including phenoxy) is 1. The lowest BCUT2D eigenvalue weighted by atomic mass is 10.1. The summed E-state index contributed by atoms with van der Waals surface area (Å²) < 4.78 is 40.8. The van der Waals surface area contributed by atoms with Crippen LogP contribution in [0.5, 0.6) is 5.75 Å². The van der Waals surface area contributed by atoms with E-state index in [0.717, 1.165) is 10.6 Å². The highest BCUT2D eigenvalue weighted by atomic mass is 35.5. The number of nitrogens with zero attached hydrogens (tertiary/aromatic N) is 3. The highest BCUT2D eigenvalue weighted by molar-refractivity contribution is 7.18. The number of nitrogens with one attached hydrogen (secondary N) is 1. The van der Waals surface area contributed by atoms with Crippen LogP contribution in [0.1, 0.15) is 10.6 Å². The van der Waals surface area contributed by atoms with E-state index >= 15 is 0 Å². The van der Waals surface area contributed by atoms with Crippen LogP contribution in [0.25, 0.3) is 10.3 Å². The van der Waals surface area contributed by atoms with Crippen LogP contribution in [0.3, 0.4) is 0 Å². The van der Waals surface area contributed by atoms with Crippen LogP contribution in [-0.4, -0.2) is 21.3 Å². The van der Waals surface area contributed by atoms with Gasteiger partial charge in [0.2, 0.25) is 0 Å². The third kappa shape index (κ3) is 4.75. The molecule has 4 aromatic rings. The molecule has 0 amide bonds. The van der Waals surface area contributed by atoms with E-state index < -0.39 is 6.36 Å². The maximum atomic E-state index is 12.3. The summed E-state index contributed by atoms with van der Waals surface area (Å²) >= 11 is 13.9. The van der Waals surface area contributed by atoms with Crippen molar-refractivity contribution >= 4 is 56.4 Å². The average molecular weight is 471 g/mol. The van der Waals surface area contributed by atoms with Crippen LogP contribution in [0.4, 0.5) is 24.7 Å². The van der Waals surface area contributed by atoms with Gasteiger partial charge in [-0.25, -0.2) is 15.0 Å². The van der Waals surface area contributed by atoms with Crippen molar-refractivity contribution in [2.75, 3.05) is 5.32 Å². The predicted molar refractivity (Wildman–Crippen MR) is 111 cm³/mol. The Bertz CT molecular complexity index is 1180. The van der Waals surface area contributed by atoms with E-state index in [1.165, 1.54) is 41.9 Å². The molecule has 0 unspecified atom stereocenters. The number of thiazole rings is 1. The van der Waals surface area contributed by atoms with E-state index in [9.17, 15) is 13.2 Å². The number of anilines is 2. The van der Waals surface area contributed by atoms with Crippen molar-refractivity contribution in [1.29, 1.82) is 0 Å². The monoisotopic (exact) mass is 470 g/mol. The van der Waals surface area contributed by atoms with Gasteiger partial charge in [0.25, 0.3) is 0 Å². The Hall–Kier alpha value is -2.62. The van der Waals surface area contributed by atoms with E-state index in [1.807, 2.05) is 0 Å². The number of hydrogen-bond acceptors (Lipinski definition) is 6. The number of benzene rings is 2. The van der Waals surface area contributed by atoms with E-state index in [0.29, 0.717) is 38.3 Å². The van der Waals surface area contributed by atoms with Gasteiger partial charge in [-0.2, -0.15) is 0 Å². The van der Waals surface area contributed by atoms with E-state index in [1.54, 1.807) is 18.2 Å². The summed E-state index contributed by atoms with van der Waals surface area (Å²) in [5.41, 5.74) is 1.83. The SMILES string of the molecule is FC(F)(F)Oc1ccc(Nc2ncnc3sc(Cc4c(Cl)cccc4Cl)nc23)cc1. The molecule has 0 saturated carbocycles. The molecule has 5 nitrogen and oxygen atoms in total. The van der Waals surface area contributed by atoms with Gasteiger partial charge in [-0.05, 0) is 42.0 Å². The first-order valence-corrected chi connectivity index (χ1v) is 10.0. The van der Waals surface area contributed by atoms with Gasteiger partial charge in [-0.15, -0.1) is 13.2 Å². The van der Waals surface area contributed by atoms with E-state index in [-0.39, 0.29) is 5.75 Å². The minimum absolute atomic E-state index is 0.312. The number of hydrogen-bond donors (Lipinski definition) is 1. The Labute approximate surface area is 182 Å². The molecule has 11 heteroatoms. The molecule has 0 bridgehead atoms. The molecule has 0 saturated heterocycles. The number of fused-ring (bicyclic) bond motifs is 1. The van der Waals surface area contributed by atoms with Gasteiger partial charge in [0, 0.05) is 22.2 Å². The smallest absolute Gasteiger partial charge is 0.406 e. The van der Waals surface area contributed by atoms with Crippen molar-refractivity contribution in [3.63, 3.8) is 0 Å². The summed E-state index contributed by atoms with van der Waals surface area (Å²) in [6.07, 6.45) is -2.92. The van der Waals surface area contributed by atoms with Crippen LogP contribution >= 0.6 is 34.5 Å². The molecule has 0 aliphatic rings. The van der Waals surface area contributed by atoms with Crippen molar-refractivity contribution in [1.82, 2.24) is 15.0 Å². The van der Waals surface area contributed by atoms with Crippen molar-refractivity contribution in [2.45, 2.75) is 12.8 Å². The fourth-order valence-corrected chi connectivity index (χ4v) is 4.14. The topological polar surface area (TPSA) is 59.9 Å². The molecule has 30 heavy (non-hydrogen) atoms. The summed E-state index contributed by atoms with van der Waals surface area (Å²) in [5.74, 6) is 0.116.